The van der Waals surface area contributed by atoms with Crippen LogP contribution in [0.1, 0.15) is 13.3 Å². The summed E-state index contributed by atoms with van der Waals surface area (Å²) in [5.41, 5.74) is 2.21. The molecule has 0 aliphatic carbocycles. The van der Waals surface area contributed by atoms with E-state index in [2.05, 4.69) is 20.4 Å². The minimum Gasteiger partial charge on any atom is -0.463 e. The Kier molecular flexibility index (Phi) is 4.77. The summed E-state index contributed by atoms with van der Waals surface area (Å²) in [7, 11) is 0. The molecule has 2 rings (SSSR count). The van der Waals surface area contributed by atoms with Crippen molar-refractivity contribution in [2.24, 2.45) is 5.84 Å². The van der Waals surface area contributed by atoms with Gasteiger partial charge in [0.1, 0.15) is 0 Å². The molecule has 0 radical (unpaired) electrons. The highest BCUT2D eigenvalue weighted by molar-refractivity contribution is 5.30. The van der Waals surface area contributed by atoms with Crippen molar-refractivity contribution < 1.29 is 18.3 Å². The number of hydrogen-bond donors (Lipinski definition) is 2. The van der Waals surface area contributed by atoms with E-state index in [-0.39, 0.29) is 23.7 Å². The van der Waals surface area contributed by atoms with Gasteiger partial charge in [0.25, 0.3) is 0 Å². The van der Waals surface area contributed by atoms with Crippen LogP contribution in [0.25, 0.3) is 0 Å². The van der Waals surface area contributed by atoms with Crippen molar-refractivity contribution in [3.63, 3.8) is 0 Å². The van der Waals surface area contributed by atoms with E-state index in [9.17, 15) is 8.78 Å². The third kappa shape index (κ3) is 3.72. The van der Waals surface area contributed by atoms with Crippen molar-refractivity contribution >= 4 is 5.95 Å². The van der Waals surface area contributed by atoms with Gasteiger partial charge in [-0.2, -0.15) is 14.4 Å². The molecule has 0 saturated carbocycles. The van der Waals surface area contributed by atoms with Crippen LogP contribution in [-0.2, 0) is 0 Å². The molecule has 0 atom stereocenters. The number of halogens is 2. The smallest absolute Gasteiger partial charge is 0.330 e. The van der Waals surface area contributed by atoms with Gasteiger partial charge in [-0.05, 0) is 18.6 Å². The number of anilines is 1. The molecule has 0 fully saturated rings. The molecule has 0 aliphatic rings. The van der Waals surface area contributed by atoms with Gasteiger partial charge in [0.2, 0.25) is 11.8 Å². The summed E-state index contributed by atoms with van der Waals surface area (Å²) in [4.78, 5) is 11.5. The minimum atomic E-state index is -1.14. The number of benzene rings is 1. The summed E-state index contributed by atoms with van der Waals surface area (Å²) < 4.78 is 37.0. The number of nitrogens with two attached hydrogens (primary N) is 1. The molecule has 21 heavy (non-hydrogen) atoms. The molecule has 0 amide bonds. The van der Waals surface area contributed by atoms with Gasteiger partial charge in [-0.3, -0.25) is 5.43 Å². The van der Waals surface area contributed by atoms with Crippen LogP contribution in [0.3, 0.4) is 0 Å². The molecule has 0 spiro atoms. The standard InChI is InChI=1S/C12H13F2N5O2/c1-2-6-20-11-16-10(19-15)17-12(18-11)21-8-5-3-4-7(13)9(8)14/h3-5H,2,6,15H2,1H3,(H,16,17,18,19). The Morgan fingerprint density at radius 2 is 1.95 bits per heavy atom. The number of ether oxygens (including phenoxy) is 2. The van der Waals surface area contributed by atoms with E-state index in [1.807, 2.05) is 6.92 Å². The van der Waals surface area contributed by atoms with Gasteiger partial charge >= 0.3 is 12.0 Å². The van der Waals surface area contributed by atoms with Gasteiger partial charge in [-0.15, -0.1) is 4.98 Å². The molecular weight excluding hydrogens is 284 g/mol. The minimum absolute atomic E-state index is 0.0251. The molecule has 1 aromatic carbocycles. The maximum Gasteiger partial charge on any atom is 0.330 e. The fraction of sp³-hybridized carbons (Fsp3) is 0.250. The topological polar surface area (TPSA) is 95.2 Å². The fourth-order valence-corrected chi connectivity index (χ4v) is 1.37. The number of nitrogens with one attached hydrogen (secondary N) is 1. The molecular formula is C12H13F2N5O2. The summed E-state index contributed by atoms with van der Waals surface area (Å²) in [6, 6.07) is 3.20. The van der Waals surface area contributed by atoms with Crippen molar-refractivity contribution in [3.05, 3.63) is 29.8 Å². The Morgan fingerprint density at radius 1 is 1.19 bits per heavy atom. The van der Waals surface area contributed by atoms with Crippen molar-refractivity contribution in [3.8, 4) is 17.8 Å². The largest absolute Gasteiger partial charge is 0.463 e. The molecule has 0 saturated heterocycles. The number of rotatable bonds is 6. The maximum absolute atomic E-state index is 13.5. The number of aromatic nitrogens is 3. The first kappa shape index (κ1) is 14.9. The Balaban J connectivity index is 2.28. The molecule has 112 valence electrons. The predicted molar refractivity (Wildman–Crippen MR) is 69.9 cm³/mol. The Hall–Kier alpha value is -2.55. The SMILES string of the molecule is CCCOc1nc(NN)nc(Oc2cccc(F)c2F)n1. The molecule has 0 bridgehead atoms. The van der Waals surface area contributed by atoms with Crippen molar-refractivity contribution in [1.29, 1.82) is 0 Å². The summed E-state index contributed by atoms with van der Waals surface area (Å²) in [5.74, 6) is 2.65. The van der Waals surface area contributed by atoms with E-state index in [1.165, 1.54) is 12.1 Å². The second-order valence-corrected chi connectivity index (χ2v) is 3.87. The Bertz CT molecular complexity index is 627. The molecule has 3 N–H and O–H groups in total. The lowest BCUT2D eigenvalue weighted by Gasteiger charge is -2.08. The first-order chi connectivity index (χ1) is 10.1. The van der Waals surface area contributed by atoms with Gasteiger partial charge in [-0.1, -0.05) is 13.0 Å². The van der Waals surface area contributed by atoms with Crippen LogP contribution in [0.2, 0.25) is 0 Å². The van der Waals surface area contributed by atoms with E-state index in [1.54, 1.807) is 0 Å². The molecule has 1 aromatic heterocycles. The molecule has 9 heteroatoms. The van der Waals surface area contributed by atoms with Crippen molar-refractivity contribution in [2.45, 2.75) is 13.3 Å². The zero-order valence-electron chi connectivity index (χ0n) is 11.1. The molecule has 7 nitrogen and oxygen atoms in total. The predicted octanol–water partition coefficient (Wildman–Crippen LogP) is 2.02. The fourth-order valence-electron chi connectivity index (χ4n) is 1.37. The lowest BCUT2D eigenvalue weighted by Crippen LogP contribution is -2.13. The quantitative estimate of drug-likeness (QED) is 0.622. The first-order valence-corrected chi connectivity index (χ1v) is 6.11. The van der Waals surface area contributed by atoms with Crippen molar-refractivity contribution in [1.82, 2.24) is 15.0 Å². The molecule has 0 aliphatic heterocycles. The summed E-state index contributed by atoms with van der Waals surface area (Å²) in [6.45, 7) is 2.28. The van der Waals surface area contributed by atoms with Crippen molar-refractivity contribution in [2.75, 3.05) is 12.0 Å². The number of nitrogens with zero attached hydrogens (tertiary/aromatic N) is 3. The molecule has 2 aromatic rings. The van der Waals surface area contributed by atoms with Crippen LogP contribution < -0.4 is 20.7 Å². The monoisotopic (exact) mass is 297 g/mol. The number of nitrogen functional groups attached to an aromatic ring is 1. The third-order valence-electron chi connectivity index (χ3n) is 2.28. The van der Waals surface area contributed by atoms with Crippen LogP contribution in [0.4, 0.5) is 14.7 Å². The van der Waals surface area contributed by atoms with Gasteiger partial charge in [0.15, 0.2) is 11.6 Å². The summed E-state index contributed by atoms with van der Waals surface area (Å²) >= 11 is 0. The van der Waals surface area contributed by atoms with Gasteiger partial charge in [0, 0.05) is 0 Å². The van der Waals surface area contributed by atoms with Crippen LogP contribution in [0.15, 0.2) is 18.2 Å². The lowest BCUT2D eigenvalue weighted by molar-refractivity contribution is 0.284. The highest BCUT2D eigenvalue weighted by Crippen LogP contribution is 2.24. The average Bonchev–Trinajstić information content (AvgIpc) is 2.49. The van der Waals surface area contributed by atoms with E-state index in [4.69, 9.17) is 15.3 Å². The number of hydrazine groups is 1. The van der Waals surface area contributed by atoms with Gasteiger partial charge in [0.05, 0.1) is 6.61 Å². The first-order valence-electron chi connectivity index (χ1n) is 6.11. The Labute approximate surface area is 119 Å². The van der Waals surface area contributed by atoms with E-state index >= 15 is 0 Å². The van der Waals surface area contributed by atoms with Crippen LogP contribution >= 0.6 is 0 Å². The van der Waals surface area contributed by atoms with Crippen LogP contribution in [0, 0.1) is 11.6 Å². The second kappa shape index (κ2) is 6.75. The average molecular weight is 297 g/mol. The molecule has 0 unspecified atom stereocenters. The van der Waals surface area contributed by atoms with Gasteiger partial charge in [-0.25, -0.2) is 10.2 Å². The second-order valence-electron chi connectivity index (χ2n) is 3.87. The van der Waals surface area contributed by atoms with E-state index in [0.717, 1.165) is 12.5 Å². The highest BCUT2D eigenvalue weighted by atomic mass is 19.2. The molecule has 1 heterocycles. The highest BCUT2D eigenvalue weighted by Gasteiger charge is 2.13. The maximum atomic E-state index is 13.5. The van der Waals surface area contributed by atoms with Crippen LogP contribution in [-0.4, -0.2) is 21.6 Å². The number of hydrogen-bond acceptors (Lipinski definition) is 7. The van der Waals surface area contributed by atoms with Crippen LogP contribution in [0.5, 0.6) is 17.8 Å². The van der Waals surface area contributed by atoms with E-state index in [0.29, 0.717) is 6.61 Å². The van der Waals surface area contributed by atoms with Gasteiger partial charge < -0.3 is 9.47 Å². The zero-order valence-corrected chi connectivity index (χ0v) is 11.1. The zero-order chi connectivity index (χ0) is 15.2. The van der Waals surface area contributed by atoms with E-state index < -0.39 is 11.6 Å². The summed E-state index contributed by atoms with van der Waals surface area (Å²) in [6.07, 6.45) is 0.742. The Morgan fingerprint density at radius 3 is 2.67 bits per heavy atom. The lowest BCUT2D eigenvalue weighted by atomic mass is 10.3. The third-order valence-corrected chi connectivity index (χ3v) is 2.28. The normalized spacial score (nSPS) is 10.3. The summed E-state index contributed by atoms with van der Waals surface area (Å²) in [5, 5.41) is 0.